The first-order chi connectivity index (χ1) is 15.8. The van der Waals surface area contributed by atoms with E-state index in [2.05, 4.69) is 46.3 Å². The first kappa shape index (κ1) is 22.8. The number of pyridine rings is 1. The van der Waals surface area contributed by atoms with Crippen LogP contribution in [0.4, 0.5) is 0 Å². The second-order valence-corrected chi connectivity index (χ2v) is 9.02. The van der Waals surface area contributed by atoms with Crippen molar-refractivity contribution in [3.63, 3.8) is 0 Å². The molecular formula is C28H37N3O. The molecule has 1 aliphatic rings. The molecule has 0 amide bonds. The van der Waals surface area contributed by atoms with Crippen LogP contribution in [0.5, 0.6) is 5.75 Å². The summed E-state index contributed by atoms with van der Waals surface area (Å²) in [4.78, 5) is 7.37. The summed E-state index contributed by atoms with van der Waals surface area (Å²) in [6.45, 7) is 3.00. The van der Waals surface area contributed by atoms with Crippen LogP contribution in [-0.4, -0.2) is 36.1 Å². The molecule has 1 aliphatic heterocycles. The smallest absolute Gasteiger partial charge is 0.119 e. The lowest BCUT2D eigenvalue weighted by Gasteiger charge is -2.36. The summed E-state index contributed by atoms with van der Waals surface area (Å²) in [5.41, 5.74) is 11.1. The molecular weight excluding hydrogens is 394 g/mol. The van der Waals surface area contributed by atoms with Gasteiger partial charge in [-0.15, -0.1) is 0 Å². The third-order valence-corrected chi connectivity index (χ3v) is 6.96. The second-order valence-electron chi connectivity index (χ2n) is 9.02. The van der Waals surface area contributed by atoms with Crippen molar-refractivity contribution >= 4 is 10.9 Å². The van der Waals surface area contributed by atoms with Gasteiger partial charge in [-0.05, 0) is 92.9 Å². The van der Waals surface area contributed by atoms with E-state index in [1.165, 1.54) is 74.5 Å². The highest BCUT2D eigenvalue weighted by atomic mass is 16.5. The van der Waals surface area contributed by atoms with Crippen molar-refractivity contribution in [3.05, 3.63) is 71.4 Å². The van der Waals surface area contributed by atoms with Gasteiger partial charge in [-0.3, -0.25) is 4.98 Å². The van der Waals surface area contributed by atoms with Crippen LogP contribution < -0.4 is 10.5 Å². The van der Waals surface area contributed by atoms with Crippen LogP contribution in [0.2, 0.25) is 0 Å². The number of benzene rings is 2. The second kappa shape index (κ2) is 11.4. The SMILES string of the molecule is COc1ccc2ncc(CN)c(CCCC3CCCCN3CCCc3ccccc3)c2c1. The molecule has 1 atom stereocenters. The fourth-order valence-corrected chi connectivity index (χ4v) is 5.19. The van der Waals surface area contributed by atoms with Gasteiger partial charge in [0.25, 0.3) is 0 Å². The lowest BCUT2D eigenvalue weighted by atomic mass is 9.93. The molecule has 4 heteroatoms. The lowest BCUT2D eigenvalue weighted by Crippen LogP contribution is -2.40. The molecule has 4 nitrogen and oxygen atoms in total. The Labute approximate surface area is 192 Å². The Hall–Kier alpha value is -2.43. The van der Waals surface area contributed by atoms with Crippen molar-refractivity contribution in [1.29, 1.82) is 0 Å². The zero-order valence-electron chi connectivity index (χ0n) is 19.4. The van der Waals surface area contributed by atoms with Crippen molar-refractivity contribution in [2.45, 2.75) is 64.0 Å². The number of methoxy groups -OCH3 is 1. The van der Waals surface area contributed by atoms with Gasteiger partial charge in [-0.25, -0.2) is 0 Å². The number of nitrogens with two attached hydrogens (primary N) is 1. The summed E-state index contributed by atoms with van der Waals surface area (Å²) in [6.07, 6.45) is 11.9. The number of fused-ring (bicyclic) bond motifs is 1. The van der Waals surface area contributed by atoms with Crippen molar-refractivity contribution in [2.24, 2.45) is 5.73 Å². The number of nitrogens with zero attached hydrogens (tertiary/aromatic N) is 2. The molecule has 1 saturated heterocycles. The minimum Gasteiger partial charge on any atom is -0.497 e. The number of hydrogen-bond donors (Lipinski definition) is 1. The largest absolute Gasteiger partial charge is 0.497 e. The van der Waals surface area contributed by atoms with Crippen LogP contribution in [0.15, 0.2) is 54.7 Å². The van der Waals surface area contributed by atoms with Gasteiger partial charge in [-0.1, -0.05) is 36.8 Å². The maximum Gasteiger partial charge on any atom is 0.119 e. The number of ether oxygens (including phenoxy) is 1. The molecule has 1 unspecified atom stereocenters. The van der Waals surface area contributed by atoms with Crippen LogP contribution in [0.25, 0.3) is 10.9 Å². The fraction of sp³-hybridized carbons (Fsp3) is 0.464. The molecule has 3 aromatic rings. The van der Waals surface area contributed by atoms with Gasteiger partial charge < -0.3 is 15.4 Å². The summed E-state index contributed by atoms with van der Waals surface area (Å²) in [5.74, 6) is 0.881. The quantitative estimate of drug-likeness (QED) is 0.460. The van der Waals surface area contributed by atoms with E-state index in [1.807, 2.05) is 18.3 Å². The maximum absolute atomic E-state index is 6.07. The average Bonchev–Trinajstić information content (AvgIpc) is 2.85. The molecule has 2 N–H and O–H groups in total. The summed E-state index contributed by atoms with van der Waals surface area (Å²) in [5, 5.41) is 1.19. The van der Waals surface area contributed by atoms with Gasteiger partial charge in [0.1, 0.15) is 5.75 Å². The minimum absolute atomic E-state index is 0.532. The molecule has 1 fully saturated rings. The Morgan fingerprint density at radius 1 is 1.06 bits per heavy atom. The van der Waals surface area contributed by atoms with Gasteiger partial charge in [-0.2, -0.15) is 0 Å². The van der Waals surface area contributed by atoms with Crippen LogP contribution in [0, 0.1) is 0 Å². The van der Waals surface area contributed by atoms with E-state index in [0.717, 1.165) is 23.3 Å². The number of aryl methyl sites for hydroxylation is 2. The predicted molar refractivity (Wildman–Crippen MR) is 133 cm³/mol. The Bertz CT molecular complexity index is 983. The predicted octanol–water partition coefficient (Wildman–Crippen LogP) is 5.51. The van der Waals surface area contributed by atoms with Gasteiger partial charge >= 0.3 is 0 Å². The highest BCUT2D eigenvalue weighted by molar-refractivity contribution is 5.84. The molecule has 0 radical (unpaired) electrons. The van der Waals surface area contributed by atoms with Crippen molar-refractivity contribution in [2.75, 3.05) is 20.2 Å². The summed E-state index contributed by atoms with van der Waals surface area (Å²) in [7, 11) is 1.72. The maximum atomic E-state index is 6.07. The third kappa shape index (κ3) is 5.67. The molecule has 2 aromatic carbocycles. The molecule has 1 aromatic heterocycles. The van der Waals surface area contributed by atoms with Crippen LogP contribution in [0.3, 0.4) is 0 Å². The van der Waals surface area contributed by atoms with Gasteiger partial charge in [0.05, 0.1) is 12.6 Å². The number of rotatable bonds is 10. The minimum atomic E-state index is 0.532. The molecule has 0 bridgehead atoms. The first-order valence-electron chi connectivity index (χ1n) is 12.2. The lowest BCUT2D eigenvalue weighted by molar-refractivity contribution is 0.137. The van der Waals surface area contributed by atoms with Gasteiger partial charge in [0.15, 0.2) is 0 Å². The molecule has 0 saturated carbocycles. The molecule has 32 heavy (non-hydrogen) atoms. The Balaban J connectivity index is 1.37. The van der Waals surface area contributed by atoms with Crippen LogP contribution in [0.1, 0.15) is 55.2 Å². The fourth-order valence-electron chi connectivity index (χ4n) is 5.19. The summed E-state index contributed by atoms with van der Waals surface area (Å²) in [6, 6.07) is 17.7. The highest BCUT2D eigenvalue weighted by Gasteiger charge is 2.22. The monoisotopic (exact) mass is 431 g/mol. The third-order valence-electron chi connectivity index (χ3n) is 6.96. The summed E-state index contributed by atoms with van der Waals surface area (Å²) >= 11 is 0. The zero-order valence-corrected chi connectivity index (χ0v) is 19.4. The van der Waals surface area contributed by atoms with E-state index in [0.29, 0.717) is 12.6 Å². The molecule has 2 heterocycles. The van der Waals surface area contributed by atoms with Crippen molar-refractivity contribution in [3.8, 4) is 5.75 Å². The standard InChI is InChI=1S/C28H37N3O/c1-32-25-15-16-28-27(19-25)26(23(20-29)21-30-28)14-7-13-24-12-5-6-17-31(24)18-8-11-22-9-3-2-4-10-22/h2-4,9-10,15-16,19,21,24H,5-8,11-14,17-18,20,29H2,1H3. The van der Waals surface area contributed by atoms with Crippen molar-refractivity contribution in [1.82, 2.24) is 9.88 Å². The van der Waals surface area contributed by atoms with E-state index in [9.17, 15) is 0 Å². The Morgan fingerprint density at radius 3 is 2.75 bits per heavy atom. The van der Waals surface area contributed by atoms with Crippen molar-refractivity contribution < 1.29 is 4.74 Å². The Kier molecular flexibility index (Phi) is 8.13. The van der Waals surface area contributed by atoms with Crippen LogP contribution >= 0.6 is 0 Å². The Morgan fingerprint density at radius 2 is 1.94 bits per heavy atom. The van der Waals surface area contributed by atoms with E-state index in [-0.39, 0.29) is 0 Å². The molecule has 170 valence electrons. The van der Waals surface area contributed by atoms with E-state index in [4.69, 9.17) is 10.5 Å². The van der Waals surface area contributed by atoms with E-state index < -0.39 is 0 Å². The zero-order chi connectivity index (χ0) is 22.2. The normalized spacial score (nSPS) is 17.0. The van der Waals surface area contributed by atoms with Crippen LogP contribution in [-0.2, 0) is 19.4 Å². The molecule has 4 rings (SSSR count). The van der Waals surface area contributed by atoms with Gasteiger partial charge in [0, 0.05) is 24.2 Å². The van der Waals surface area contributed by atoms with E-state index >= 15 is 0 Å². The van der Waals surface area contributed by atoms with E-state index in [1.54, 1.807) is 7.11 Å². The average molecular weight is 432 g/mol. The first-order valence-corrected chi connectivity index (χ1v) is 12.2. The number of aromatic nitrogens is 1. The molecule has 0 aliphatic carbocycles. The molecule has 0 spiro atoms. The number of likely N-dealkylation sites (tertiary alicyclic amines) is 1. The topological polar surface area (TPSA) is 51.4 Å². The highest BCUT2D eigenvalue weighted by Crippen LogP contribution is 2.28. The van der Waals surface area contributed by atoms with Gasteiger partial charge in [0.2, 0.25) is 0 Å². The number of hydrogen-bond acceptors (Lipinski definition) is 4. The summed E-state index contributed by atoms with van der Waals surface area (Å²) < 4.78 is 5.47. The number of piperidine rings is 1.